The van der Waals surface area contributed by atoms with Crippen molar-refractivity contribution >= 4 is 11.4 Å². The van der Waals surface area contributed by atoms with Gasteiger partial charge in [0.25, 0.3) is 0 Å². The van der Waals surface area contributed by atoms with E-state index in [9.17, 15) is 0 Å². The lowest BCUT2D eigenvalue weighted by atomic mass is 10.2. The van der Waals surface area contributed by atoms with Gasteiger partial charge in [-0.3, -0.25) is 4.99 Å². The van der Waals surface area contributed by atoms with E-state index in [1.54, 1.807) is 0 Å². The zero-order valence-electron chi connectivity index (χ0n) is 11.8. The number of hydrogen-bond acceptors (Lipinski definition) is 3. The van der Waals surface area contributed by atoms with Crippen molar-refractivity contribution in [2.24, 2.45) is 4.99 Å². The van der Waals surface area contributed by atoms with Crippen LogP contribution < -0.4 is 0 Å². The molecule has 1 heterocycles. The predicted molar refractivity (Wildman–Crippen MR) is 83.9 cm³/mol. The van der Waals surface area contributed by atoms with Gasteiger partial charge in [-0.2, -0.15) is 0 Å². The first kappa shape index (κ1) is 13.2. The number of benzene rings is 2. The molecule has 3 aromatic rings. The highest BCUT2D eigenvalue weighted by atomic mass is 15.4. The molecule has 0 atom stereocenters. The van der Waals surface area contributed by atoms with Crippen molar-refractivity contribution in [3.8, 4) is 0 Å². The van der Waals surface area contributed by atoms with Crippen LogP contribution in [0.4, 0.5) is 5.69 Å². The van der Waals surface area contributed by atoms with Gasteiger partial charge in [-0.05, 0) is 24.6 Å². The van der Waals surface area contributed by atoms with Gasteiger partial charge in [0.05, 0.1) is 24.1 Å². The summed E-state index contributed by atoms with van der Waals surface area (Å²) in [5.41, 5.74) is 3.79. The second-order valence-electron chi connectivity index (χ2n) is 4.82. The van der Waals surface area contributed by atoms with E-state index in [0.29, 0.717) is 6.54 Å². The summed E-state index contributed by atoms with van der Waals surface area (Å²) < 4.78 is 1.83. The minimum atomic E-state index is 0.715. The fourth-order valence-electron chi connectivity index (χ4n) is 2.07. The van der Waals surface area contributed by atoms with Crippen LogP contribution in [0.15, 0.2) is 71.9 Å². The average molecular weight is 276 g/mol. The maximum absolute atomic E-state index is 4.55. The standard InChI is InChI=1S/C17H16N4/c1-14(18-16-10-6-3-7-11-16)17-13-21(20-19-17)12-15-8-4-2-5-9-15/h2-11,13H,12H2,1H3. The summed E-state index contributed by atoms with van der Waals surface area (Å²) in [6, 6.07) is 20.1. The molecule has 21 heavy (non-hydrogen) atoms. The van der Waals surface area contributed by atoms with Crippen LogP contribution >= 0.6 is 0 Å². The molecule has 0 saturated carbocycles. The van der Waals surface area contributed by atoms with Crippen molar-refractivity contribution in [3.05, 3.63) is 78.1 Å². The van der Waals surface area contributed by atoms with Crippen LogP contribution in [-0.2, 0) is 6.54 Å². The van der Waals surface area contributed by atoms with Gasteiger partial charge >= 0.3 is 0 Å². The van der Waals surface area contributed by atoms with Crippen LogP contribution in [0.2, 0.25) is 0 Å². The van der Waals surface area contributed by atoms with Crippen LogP contribution in [0.3, 0.4) is 0 Å². The molecule has 2 aromatic carbocycles. The van der Waals surface area contributed by atoms with Crippen molar-refractivity contribution in [2.75, 3.05) is 0 Å². The summed E-state index contributed by atoms with van der Waals surface area (Å²) >= 11 is 0. The molecule has 0 fully saturated rings. The molecule has 0 spiro atoms. The Bertz CT molecular complexity index is 730. The van der Waals surface area contributed by atoms with Gasteiger partial charge in [-0.1, -0.05) is 53.7 Å². The quantitative estimate of drug-likeness (QED) is 0.685. The zero-order valence-corrected chi connectivity index (χ0v) is 11.8. The summed E-state index contributed by atoms with van der Waals surface area (Å²) in [6.45, 7) is 2.66. The summed E-state index contributed by atoms with van der Waals surface area (Å²) in [4.78, 5) is 4.55. The smallest absolute Gasteiger partial charge is 0.126 e. The summed E-state index contributed by atoms with van der Waals surface area (Å²) in [5.74, 6) is 0. The second-order valence-corrected chi connectivity index (χ2v) is 4.82. The van der Waals surface area contributed by atoms with Gasteiger partial charge < -0.3 is 0 Å². The molecule has 0 radical (unpaired) electrons. The molecule has 4 heteroatoms. The van der Waals surface area contributed by atoms with E-state index in [0.717, 1.165) is 17.1 Å². The van der Waals surface area contributed by atoms with Crippen LogP contribution in [0.1, 0.15) is 18.2 Å². The number of aromatic nitrogens is 3. The van der Waals surface area contributed by atoms with Crippen LogP contribution in [0.25, 0.3) is 0 Å². The molecule has 1 aromatic heterocycles. The van der Waals surface area contributed by atoms with Crippen LogP contribution in [0, 0.1) is 0 Å². The second kappa shape index (κ2) is 6.13. The molecule has 0 saturated heterocycles. The van der Waals surface area contributed by atoms with E-state index < -0.39 is 0 Å². The Morgan fingerprint density at radius 2 is 1.67 bits per heavy atom. The largest absolute Gasteiger partial charge is 0.251 e. The predicted octanol–water partition coefficient (Wildman–Crippen LogP) is 3.47. The molecular weight excluding hydrogens is 260 g/mol. The van der Waals surface area contributed by atoms with Gasteiger partial charge in [-0.15, -0.1) is 5.10 Å². The highest BCUT2D eigenvalue weighted by Crippen LogP contribution is 2.12. The maximum Gasteiger partial charge on any atom is 0.126 e. The fourth-order valence-corrected chi connectivity index (χ4v) is 2.07. The monoisotopic (exact) mass is 276 g/mol. The molecule has 0 unspecified atom stereocenters. The first-order valence-corrected chi connectivity index (χ1v) is 6.86. The Labute approximate surface area is 123 Å². The third kappa shape index (κ3) is 3.42. The Morgan fingerprint density at radius 1 is 1.00 bits per heavy atom. The van der Waals surface area contributed by atoms with Crippen molar-refractivity contribution in [1.29, 1.82) is 0 Å². The van der Waals surface area contributed by atoms with E-state index in [-0.39, 0.29) is 0 Å². The van der Waals surface area contributed by atoms with Gasteiger partial charge in [-0.25, -0.2) is 4.68 Å². The Hall–Kier alpha value is -2.75. The molecule has 4 nitrogen and oxygen atoms in total. The van der Waals surface area contributed by atoms with E-state index in [1.165, 1.54) is 5.56 Å². The number of nitrogens with zero attached hydrogens (tertiary/aromatic N) is 4. The van der Waals surface area contributed by atoms with Gasteiger partial charge in [0.15, 0.2) is 0 Å². The Balaban J connectivity index is 1.77. The van der Waals surface area contributed by atoms with E-state index in [1.807, 2.05) is 66.3 Å². The lowest BCUT2D eigenvalue weighted by Gasteiger charge is -1.99. The molecule has 104 valence electrons. The molecule has 0 aliphatic rings. The fraction of sp³-hybridized carbons (Fsp3) is 0.118. The molecule has 0 amide bonds. The van der Waals surface area contributed by atoms with Crippen molar-refractivity contribution in [1.82, 2.24) is 15.0 Å². The van der Waals surface area contributed by atoms with E-state index in [4.69, 9.17) is 0 Å². The normalized spacial score (nSPS) is 11.6. The average Bonchev–Trinajstić information content (AvgIpc) is 2.98. The van der Waals surface area contributed by atoms with Crippen molar-refractivity contribution < 1.29 is 0 Å². The maximum atomic E-state index is 4.55. The summed E-state index contributed by atoms with van der Waals surface area (Å²) in [7, 11) is 0. The Morgan fingerprint density at radius 3 is 2.38 bits per heavy atom. The van der Waals surface area contributed by atoms with Crippen LogP contribution in [0.5, 0.6) is 0 Å². The molecular formula is C17H16N4. The van der Waals surface area contributed by atoms with E-state index >= 15 is 0 Å². The summed E-state index contributed by atoms with van der Waals surface area (Å²) in [5, 5.41) is 8.35. The van der Waals surface area contributed by atoms with Gasteiger partial charge in [0.1, 0.15) is 5.69 Å². The van der Waals surface area contributed by atoms with Crippen LogP contribution in [-0.4, -0.2) is 20.7 Å². The highest BCUT2D eigenvalue weighted by Gasteiger charge is 2.04. The first-order chi connectivity index (χ1) is 10.3. The highest BCUT2D eigenvalue weighted by molar-refractivity contribution is 5.98. The lowest BCUT2D eigenvalue weighted by molar-refractivity contribution is 0.649. The molecule has 0 aliphatic heterocycles. The number of para-hydroxylation sites is 1. The molecule has 0 aliphatic carbocycles. The SMILES string of the molecule is CC(=Nc1ccccc1)c1cn(Cc2ccccc2)nn1. The summed E-state index contributed by atoms with van der Waals surface area (Å²) in [6.07, 6.45) is 1.93. The third-order valence-electron chi connectivity index (χ3n) is 3.15. The third-order valence-corrected chi connectivity index (χ3v) is 3.15. The Kier molecular flexibility index (Phi) is 3.87. The number of hydrogen-bond donors (Lipinski definition) is 0. The number of aliphatic imine (C=N–C) groups is 1. The minimum absolute atomic E-state index is 0.715. The number of rotatable bonds is 4. The van der Waals surface area contributed by atoms with Gasteiger partial charge in [0, 0.05) is 0 Å². The van der Waals surface area contributed by atoms with Gasteiger partial charge in [0.2, 0.25) is 0 Å². The topological polar surface area (TPSA) is 43.1 Å². The van der Waals surface area contributed by atoms with E-state index in [2.05, 4.69) is 27.4 Å². The van der Waals surface area contributed by atoms with Crippen molar-refractivity contribution in [2.45, 2.75) is 13.5 Å². The lowest BCUT2D eigenvalue weighted by Crippen LogP contribution is -2.00. The van der Waals surface area contributed by atoms with Crippen molar-refractivity contribution in [3.63, 3.8) is 0 Å². The molecule has 0 bridgehead atoms. The molecule has 0 N–H and O–H groups in total. The first-order valence-electron chi connectivity index (χ1n) is 6.86. The zero-order chi connectivity index (χ0) is 14.5. The minimum Gasteiger partial charge on any atom is -0.251 e. The molecule has 3 rings (SSSR count).